The van der Waals surface area contributed by atoms with Crippen LogP contribution in [0.15, 0.2) is 59.6 Å². The molecule has 4 nitrogen and oxygen atoms in total. The zero-order valence-electron chi connectivity index (χ0n) is 18.5. The maximum absolute atomic E-state index is 11.9. The number of aromatic nitrogens is 1. The molecule has 0 spiro atoms. The van der Waals surface area contributed by atoms with Gasteiger partial charge < -0.3 is 9.30 Å². The van der Waals surface area contributed by atoms with Gasteiger partial charge >= 0.3 is 5.97 Å². The van der Waals surface area contributed by atoms with E-state index in [-0.39, 0.29) is 5.97 Å². The summed E-state index contributed by atoms with van der Waals surface area (Å²) in [4.78, 5) is 16.5. The third kappa shape index (κ3) is 4.70. The summed E-state index contributed by atoms with van der Waals surface area (Å²) < 4.78 is 7.23. The Kier molecular flexibility index (Phi) is 6.88. The van der Waals surface area contributed by atoms with Gasteiger partial charge in [-0.25, -0.2) is 4.79 Å². The van der Waals surface area contributed by atoms with E-state index in [9.17, 15) is 4.79 Å². The van der Waals surface area contributed by atoms with E-state index in [1.54, 1.807) is 12.1 Å². The van der Waals surface area contributed by atoms with Crippen molar-refractivity contribution in [3.8, 4) is 5.69 Å². The number of carbonyl (C=O) groups is 1. The first-order valence-corrected chi connectivity index (χ1v) is 10.5. The molecule has 0 saturated carbocycles. The Hall–Kier alpha value is -3.14. The van der Waals surface area contributed by atoms with Gasteiger partial charge in [-0.2, -0.15) is 0 Å². The van der Waals surface area contributed by atoms with E-state index in [0.29, 0.717) is 18.1 Å². The average Bonchev–Trinajstić information content (AvgIpc) is 3.05. The molecule has 0 amide bonds. The second-order valence-electron chi connectivity index (χ2n) is 7.59. The van der Waals surface area contributed by atoms with Gasteiger partial charge in [0, 0.05) is 28.9 Å². The van der Waals surface area contributed by atoms with E-state index in [1.165, 1.54) is 5.56 Å². The molecule has 156 valence electrons. The van der Waals surface area contributed by atoms with Crippen LogP contribution >= 0.6 is 0 Å². The van der Waals surface area contributed by atoms with Gasteiger partial charge in [-0.1, -0.05) is 26.0 Å². The standard InChI is InChI=1S/C26H30N2O2/c1-6-18(3)21-8-12-24(13-9-21)27-17-23-16-19(4)28(20(23)5)25-14-10-22(11-15-25)26(29)30-7-2/h8-18H,6-7H2,1-5H3/t18-/m0/s1. The third-order valence-electron chi connectivity index (χ3n) is 5.53. The van der Waals surface area contributed by atoms with Crippen molar-refractivity contribution in [3.63, 3.8) is 0 Å². The topological polar surface area (TPSA) is 43.6 Å². The number of benzene rings is 2. The van der Waals surface area contributed by atoms with Crippen LogP contribution in [0.4, 0.5) is 5.69 Å². The summed E-state index contributed by atoms with van der Waals surface area (Å²) in [5.41, 5.74) is 7.17. The van der Waals surface area contributed by atoms with Crippen molar-refractivity contribution in [2.75, 3.05) is 6.61 Å². The molecule has 0 bridgehead atoms. The molecular formula is C26H30N2O2. The number of hydrogen-bond acceptors (Lipinski definition) is 3. The van der Waals surface area contributed by atoms with Crippen molar-refractivity contribution in [1.82, 2.24) is 4.57 Å². The number of carbonyl (C=O) groups excluding carboxylic acids is 1. The number of rotatable bonds is 7. The molecule has 0 aliphatic carbocycles. The van der Waals surface area contributed by atoms with E-state index in [4.69, 9.17) is 4.74 Å². The van der Waals surface area contributed by atoms with Crippen LogP contribution in [0.2, 0.25) is 0 Å². The summed E-state index contributed by atoms with van der Waals surface area (Å²) in [6, 6.07) is 18.1. The second-order valence-corrected chi connectivity index (χ2v) is 7.59. The van der Waals surface area contributed by atoms with Crippen LogP contribution in [0.5, 0.6) is 0 Å². The Morgan fingerprint density at radius 2 is 1.73 bits per heavy atom. The molecular weight excluding hydrogens is 372 g/mol. The van der Waals surface area contributed by atoms with E-state index in [2.05, 4.69) is 67.6 Å². The van der Waals surface area contributed by atoms with E-state index in [1.807, 2.05) is 25.3 Å². The lowest BCUT2D eigenvalue weighted by molar-refractivity contribution is 0.0526. The zero-order chi connectivity index (χ0) is 21.7. The monoisotopic (exact) mass is 402 g/mol. The van der Waals surface area contributed by atoms with Gasteiger partial charge in [0.15, 0.2) is 0 Å². The lowest BCUT2D eigenvalue weighted by atomic mass is 9.99. The van der Waals surface area contributed by atoms with Crippen molar-refractivity contribution >= 4 is 17.9 Å². The van der Waals surface area contributed by atoms with Gasteiger partial charge in [0.05, 0.1) is 17.9 Å². The molecule has 4 heteroatoms. The maximum Gasteiger partial charge on any atom is 0.338 e. The molecule has 3 rings (SSSR count). The molecule has 1 heterocycles. The number of ether oxygens (including phenoxy) is 1. The molecule has 0 saturated heterocycles. The molecule has 2 aromatic carbocycles. The average molecular weight is 403 g/mol. The quantitative estimate of drug-likeness (QED) is 0.333. The SMILES string of the molecule is CCOC(=O)c1ccc(-n2c(C)cc(C=Nc3ccc([C@@H](C)CC)cc3)c2C)cc1. The summed E-state index contributed by atoms with van der Waals surface area (Å²) in [5, 5.41) is 0. The fourth-order valence-electron chi connectivity index (χ4n) is 3.55. The molecule has 0 radical (unpaired) electrons. The highest BCUT2D eigenvalue weighted by Gasteiger charge is 2.11. The minimum atomic E-state index is -0.294. The molecule has 0 N–H and O–H groups in total. The molecule has 0 aliphatic rings. The number of aryl methyl sites for hydroxylation is 1. The molecule has 1 aromatic heterocycles. The van der Waals surface area contributed by atoms with Crippen LogP contribution in [0.3, 0.4) is 0 Å². The Labute approximate surface area is 179 Å². The number of hydrogen-bond donors (Lipinski definition) is 0. The predicted molar refractivity (Wildman–Crippen MR) is 124 cm³/mol. The molecule has 30 heavy (non-hydrogen) atoms. The van der Waals surface area contributed by atoms with E-state index in [0.717, 1.165) is 34.7 Å². The van der Waals surface area contributed by atoms with Crippen LogP contribution in [0, 0.1) is 13.8 Å². The lowest BCUT2D eigenvalue weighted by Crippen LogP contribution is -2.05. The van der Waals surface area contributed by atoms with Gasteiger partial charge in [-0.15, -0.1) is 0 Å². The minimum Gasteiger partial charge on any atom is -0.462 e. The maximum atomic E-state index is 11.9. The Bertz CT molecular complexity index is 1030. The van der Waals surface area contributed by atoms with Crippen LogP contribution < -0.4 is 0 Å². The first-order chi connectivity index (χ1) is 14.4. The molecule has 0 unspecified atom stereocenters. The highest BCUT2D eigenvalue weighted by Crippen LogP contribution is 2.23. The van der Waals surface area contributed by atoms with Crippen molar-refractivity contribution < 1.29 is 9.53 Å². The van der Waals surface area contributed by atoms with Gasteiger partial charge in [0.25, 0.3) is 0 Å². The van der Waals surface area contributed by atoms with Crippen LogP contribution in [0.1, 0.15) is 66.0 Å². The zero-order valence-corrected chi connectivity index (χ0v) is 18.5. The number of esters is 1. The largest absolute Gasteiger partial charge is 0.462 e. The first-order valence-electron chi connectivity index (χ1n) is 10.5. The van der Waals surface area contributed by atoms with E-state index < -0.39 is 0 Å². The summed E-state index contributed by atoms with van der Waals surface area (Å²) in [5.74, 6) is 0.273. The molecule has 0 fully saturated rings. The van der Waals surface area contributed by atoms with Crippen molar-refractivity contribution in [1.29, 1.82) is 0 Å². The Balaban J connectivity index is 1.82. The summed E-state index contributed by atoms with van der Waals surface area (Å²) >= 11 is 0. The summed E-state index contributed by atoms with van der Waals surface area (Å²) in [6.07, 6.45) is 3.06. The minimum absolute atomic E-state index is 0.294. The highest BCUT2D eigenvalue weighted by molar-refractivity contribution is 5.89. The first kappa shape index (κ1) is 21.6. The Morgan fingerprint density at radius 3 is 2.33 bits per heavy atom. The van der Waals surface area contributed by atoms with Gasteiger partial charge in [-0.3, -0.25) is 4.99 Å². The lowest BCUT2D eigenvalue weighted by Gasteiger charge is -2.10. The predicted octanol–water partition coefficient (Wildman–Crippen LogP) is 6.53. The van der Waals surface area contributed by atoms with Crippen molar-refractivity contribution in [2.24, 2.45) is 4.99 Å². The summed E-state index contributed by atoms with van der Waals surface area (Å²) in [6.45, 7) is 10.8. The smallest absolute Gasteiger partial charge is 0.338 e. The molecule has 0 aliphatic heterocycles. The fourth-order valence-corrected chi connectivity index (χ4v) is 3.55. The van der Waals surface area contributed by atoms with Crippen molar-refractivity contribution in [2.45, 2.75) is 47.0 Å². The molecule has 1 atom stereocenters. The van der Waals surface area contributed by atoms with Crippen LogP contribution in [-0.4, -0.2) is 23.4 Å². The van der Waals surface area contributed by atoms with E-state index >= 15 is 0 Å². The van der Waals surface area contributed by atoms with Crippen LogP contribution in [-0.2, 0) is 4.74 Å². The summed E-state index contributed by atoms with van der Waals surface area (Å²) in [7, 11) is 0. The van der Waals surface area contributed by atoms with Gasteiger partial charge in [-0.05, 0) is 81.1 Å². The van der Waals surface area contributed by atoms with Crippen molar-refractivity contribution in [3.05, 3.63) is 82.7 Å². The number of nitrogens with zero attached hydrogens (tertiary/aromatic N) is 2. The number of aliphatic imine (C=N–C) groups is 1. The molecule has 3 aromatic rings. The van der Waals surface area contributed by atoms with Gasteiger partial charge in [0.2, 0.25) is 0 Å². The second kappa shape index (κ2) is 9.57. The van der Waals surface area contributed by atoms with Gasteiger partial charge in [0.1, 0.15) is 0 Å². The van der Waals surface area contributed by atoms with Crippen LogP contribution in [0.25, 0.3) is 5.69 Å². The fraction of sp³-hybridized carbons (Fsp3) is 0.308. The Morgan fingerprint density at radius 1 is 1.07 bits per heavy atom. The third-order valence-corrected chi connectivity index (χ3v) is 5.53. The highest BCUT2D eigenvalue weighted by atomic mass is 16.5. The normalized spacial score (nSPS) is 12.3.